The molecule has 3 rings (SSSR count). The summed E-state index contributed by atoms with van der Waals surface area (Å²) in [7, 11) is 0. The average molecular weight is 368 g/mol. The van der Waals surface area contributed by atoms with Crippen molar-refractivity contribution < 1.29 is 0 Å². The lowest BCUT2D eigenvalue weighted by Gasteiger charge is -2.11. The van der Waals surface area contributed by atoms with E-state index in [2.05, 4.69) is 20.5 Å². The monoisotopic (exact) mass is 367 g/mol. The van der Waals surface area contributed by atoms with Crippen molar-refractivity contribution in [2.45, 2.75) is 19.9 Å². The Kier molecular flexibility index (Phi) is 5.14. The van der Waals surface area contributed by atoms with Crippen molar-refractivity contribution in [3.05, 3.63) is 69.6 Å². The first-order chi connectivity index (χ1) is 12.5. The summed E-state index contributed by atoms with van der Waals surface area (Å²) in [6.45, 7) is 3.73. The van der Waals surface area contributed by atoms with Gasteiger partial charge in [0.05, 0.1) is 5.69 Å². The molecule has 1 aromatic heterocycles. The van der Waals surface area contributed by atoms with Gasteiger partial charge in [0.1, 0.15) is 11.9 Å². The van der Waals surface area contributed by atoms with E-state index in [1.807, 2.05) is 55.5 Å². The van der Waals surface area contributed by atoms with Gasteiger partial charge in [0.15, 0.2) is 0 Å². The normalized spacial score (nSPS) is 11.8. The average Bonchev–Trinajstić information content (AvgIpc) is 2.63. The van der Waals surface area contributed by atoms with Crippen molar-refractivity contribution in [1.82, 2.24) is 9.97 Å². The van der Waals surface area contributed by atoms with Crippen LogP contribution >= 0.6 is 11.6 Å². The van der Waals surface area contributed by atoms with Crippen molar-refractivity contribution in [3.8, 4) is 11.3 Å². The maximum atomic E-state index is 10.6. The molecule has 7 heteroatoms. The molecule has 0 spiro atoms. The first kappa shape index (κ1) is 17.8. The summed E-state index contributed by atoms with van der Waals surface area (Å²) in [4.78, 5) is 19.2. The molecule has 0 saturated heterocycles. The van der Waals surface area contributed by atoms with Gasteiger partial charge in [-0.1, -0.05) is 35.0 Å². The topological polar surface area (TPSA) is 93.3 Å². The van der Waals surface area contributed by atoms with Gasteiger partial charge >= 0.3 is 0 Å². The molecule has 0 saturated carbocycles. The number of nitrogen functional groups attached to an aromatic ring is 1. The largest absolute Gasteiger partial charge is 0.368 e. The van der Waals surface area contributed by atoms with Crippen molar-refractivity contribution in [2.75, 3.05) is 11.1 Å². The molecule has 0 fully saturated rings. The van der Waals surface area contributed by atoms with Crippen LogP contribution in [0.4, 0.5) is 17.5 Å². The van der Waals surface area contributed by atoms with E-state index in [4.69, 9.17) is 17.3 Å². The Bertz CT molecular complexity index is 943. The number of anilines is 3. The van der Waals surface area contributed by atoms with Gasteiger partial charge in [-0.2, -0.15) is 9.89 Å². The number of halogens is 1. The highest BCUT2D eigenvalue weighted by molar-refractivity contribution is 6.30. The van der Waals surface area contributed by atoms with Crippen molar-refractivity contribution in [3.63, 3.8) is 0 Å². The number of nitrogens with two attached hydrogens (primary N) is 1. The molecule has 1 unspecified atom stereocenters. The second-order valence-corrected chi connectivity index (χ2v) is 6.42. The lowest BCUT2D eigenvalue weighted by molar-refractivity contribution is 0.812. The molecular weight excluding hydrogens is 350 g/mol. The summed E-state index contributed by atoms with van der Waals surface area (Å²) in [6, 6.07) is 14.5. The van der Waals surface area contributed by atoms with E-state index in [0.717, 1.165) is 22.4 Å². The number of hydrogen-bond acceptors (Lipinski definition) is 6. The van der Waals surface area contributed by atoms with Crippen LogP contribution in [0.25, 0.3) is 11.3 Å². The Labute approximate surface area is 156 Å². The fraction of sp³-hybridized carbons (Fsp3) is 0.158. The number of aryl methyl sites for hydroxylation is 1. The van der Waals surface area contributed by atoms with E-state index in [9.17, 15) is 4.91 Å². The molecule has 6 nitrogen and oxygen atoms in total. The predicted molar refractivity (Wildman–Crippen MR) is 106 cm³/mol. The Morgan fingerprint density at radius 1 is 1.12 bits per heavy atom. The zero-order chi connectivity index (χ0) is 18.7. The molecule has 3 aromatic rings. The van der Waals surface area contributed by atoms with Crippen LogP contribution in [0.15, 0.2) is 53.7 Å². The molecule has 1 heterocycles. The van der Waals surface area contributed by atoms with Crippen molar-refractivity contribution in [1.29, 1.82) is 0 Å². The Morgan fingerprint density at radius 3 is 2.54 bits per heavy atom. The highest BCUT2D eigenvalue weighted by Crippen LogP contribution is 2.28. The van der Waals surface area contributed by atoms with Crippen LogP contribution in [0, 0.1) is 11.8 Å². The Morgan fingerprint density at radius 2 is 1.85 bits per heavy atom. The molecule has 26 heavy (non-hydrogen) atoms. The summed E-state index contributed by atoms with van der Waals surface area (Å²) >= 11 is 6.11. The first-order valence-corrected chi connectivity index (χ1v) is 8.44. The molecule has 0 aliphatic carbocycles. The molecule has 132 valence electrons. The van der Waals surface area contributed by atoms with Crippen LogP contribution in [-0.4, -0.2) is 9.97 Å². The number of aromatic nitrogens is 2. The summed E-state index contributed by atoms with van der Waals surface area (Å²) < 4.78 is 0. The van der Waals surface area contributed by atoms with Crippen LogP contribution in [-0.2, 0) is 0 Å². The molecule has 0 amide bonds. The number of nitroso groups, excluding NO2 is 1. The van der Waals surface area contributed by atoms with E-state index in [1.165, 1.54) is 0 Å². The molecule has 3 N–H and O–H groups in total. The van der Waals surface area contributed by atoms with Crippen LogP contribution in [0.5, 0.6) is 0 Å². The Hall–Kier alpha value is -2.99. The van der Waals surface area contributed by atoms with Crippen LogP contribution in [0.3, 0.4) is 0 Å². The summed E-state index contributed by atoms with van der Waals surface area (Å²) in [5.41, 5.74) is 10.2. The third kappa shape index (κ3) is 3.97. The van der Waals surface area contributed by atoms with Crippen LogP contribution in [0.2, 0.25) is 5.02 Å². The highest BCUT2D eigenvalue weighted by atomic mass is 35.5. The third-order valence-corrected chi connectivity index (χ3v) is 4.28. The second-order valence-electron chi connectivity index (χ2n) is 5.98. The fourth-order valence-corrected chi connectivity index (χ4v) is 2.76. The van der Waals surface area contributed by atoms with Crippen molar-refractivity contribution in [2.24, 2.45) is 5.18 Å². The van der Waals surface area contributed by atoms with Gasteiger partial charge < -0.3 is 11.1 Å². The summed E-state index contributed by atoms with van der Waals surface area (Å²) in [5.74, 6) is 0.737. The lowest BCUT2D eigenvalue weighted by atomic mass is 10.1. The minimum atomic E-state index is -0.379. The summed E-state index contributed by atoms with van der Waals surface area (Å²) in [6.07, 6.45) is 0. The minimum absolute atomic E-state index is 0.166. The van der Waals surface area contributed by atoms with Crippen LogP contribution < -0.4 is 11.1 Å². The zero-order valence-corrected chi connectivity index (χ0v) is 15.2. The quantitative estimate of drug-likeness (QED) is 0.600. The maximum Gasteiger partial charge on any atom is 0.222 e. The molecule has 0 bridgehead atoms. The SMILES string of the molecule is Cc1ccc(Cl)cc1-c1cc(Nc2ccc(C(C)N=O)cc2)nc(N)n1. The fourth-order valence-electron chi connectivity index (χ4n) is 2.59. The molecule has 2 aromatic carbocycles. The number of nitrogens with zero attached hydrogens (tertiary/aromatic N) is 3. The van der Waals surface area contributed by atoms with Crippen molar-refractivity contribution >= 4 is 29.1 Å². The smallest absolute Gasteiger partial charge is 0.222 e. The second kappa shape index (κ2) is 7.49. The third-order valence-electron chi connectivity index (χ3n) is 4.04. The first-order valence-electron chi connectivity index (χ1n) is 8.07. The van der Waals surface area contributed by atoms with E-state index in [0.29, 0.717) is 16.5 Å². The van der Waals surface area contributed by atoms with E-state index < -0.39 is 0 Å². The number of nitrogens with one attached hydrogen (secondary N) is 1. The molecule has 0 radical (unpaired) electrons. The van der Waals surface area contributed by atoms with Gasteiger partial charge in [0.25, 0.3) is 0 Å². The number of benzene rings is 2. The van der Waals surface area contributed by atoms with E-state index in [1.54, 1.807) is 6.92 Å². The molecular formula is C19H18ClN5O. The highest BCUT2D eigenvalue weighted by Gasteiger charge is 2.09. The lowest BCUT2D eigenvalue weighted by Crippen LogP contribution is -2.02. The minimum Gasteiger partial charge on any atom is -0.368 e. The van der Waals surface area contributed by atoms with Gasteiger partial charge in [-0.3, -0.25) is 0 Å². The van der Waals surface area contributed by atoms with Gasteiger partial charge in [0.2, 0.25) is 5.95 Å². The molecule has 0 aliphatic rings. The van der Waals surface area contributed by atoms with Gasteiger partial charge in [-0.25, -0.2) is 4.98 Å². The number of hydrogen-bond donors (Lipinski definition) is 2. The van der Waals surface area contributed by atoms with E-state index >= 15 is 0 Å². The standard InChI is InChI=1S/C19H18ClN5O/c1-11-3-6-14(20)9-16(11)17-10-18(24-19(21)23-17)22-15-7-4-13(5-8-15)12(2)25-26/h3-10,12H,1-2H3,(H3,21,22,23,24). The maximum absolute atomic E-state index is 10.6. The summed E-state index contributed by atoms with van der Waals surface area (Å²) in [5, 5.41) is 6.86. The molecule has 1 atom stereocenters. The number of rotatable bonds is 5. The predicted octanol–water partition coefficient (Wildman–Crippen LogP) is 5.26. The Balaban J connectivity index is 1.90. The van der Waals surface area contributed by atoms with Gasteiger partial charge in [0, 0.05) is 22.3 Å². The van der Waals surface area contributed by atoms with E-state index in [-0.39, 0.29) is 12.0 Å². The van der Waals surface area contributed by atoms with Gasteiger partial charge in [-0.05, 0) is 49.2 Å². The zero-order valence-electron chi connectivity index (χ0n) is 14.4. The van der Waals surface area contributed by atoms with Crippen LogP contribution in [0.1, 0.15) is 24.1 Å². The van der Waals surface area contributed by atoms with Gasteiger partial charge in [-0.15, -0.1) is 0 Å². The molecule has 0 aliphatic heterocycles.